The molecule has 0 bridgehead atoms. The molecule has 0 aliphatic carbocycles. The molecule has 0 spiro atoms. The number of carbonyl (C=O) groups is 3. The van der Waals surface area contributed by atoms with E-state index in [-0.39, 0.29) is 34.8 Å². The maximum absolute atomic E-state index is 14.2. The fraction of sp³-hybridized carbons (Fsp3) is 0.344. The summed E-state index contributed by atoms with van der Waals surface area (Å²) in [6.07, 6.45) is -0.573. The number of aliphatic carboxylic acids is 1. The van der Waals surface area contributed by atoms with E-state index in [0.717, 1.165) is 37.3 Å². The van der Waals surface area contributed by atoms with Crippen LogP contribution < -0.4 is 5.32 Å². The number of unbranched alkanes of at least 4 members (excludes halogenated alkanes) is 2. The second kappa shape index (κ2) is 12.2. The minimum Gasteiger partial charge on any atom is -0.480 e. The first-order valence-electron chi connectivity index (χ1n) is 13.7. The van der Waals surface area contributed by atoms with Crippen LogP contribution in [-0.4, -0.2) is 33.8 Å². The van der Waals surface area contributed by atoms with Crippen LogP contribution in [0.3, 0.4) is 0 Å². The number of carboxylic acids is 1. The zero-order valence-corrected chi connectivity index (χ0v) is 23.2. The van der Waals surface area contributed by atoms with Crippen LogP contribution in [0.2, 0.25) is 0 Å². The van der Waals surface area contributed by atoms with Gasteiger partial charge in [0, 0.05) is 23.4 Å². The largest absolute Gasteiger partial charge is 0.480 e. The number of carboxylic acid groups (broad SMARTS) is 1. The molecule has 41 heavy (non-hydrogen) atoms. The molecule has 1 aliphatic rings. The fourth-order valence-corrected chi connectivity index (χ4v) is 5.21. The van der Waals surface area contributed by atoms with Crippen LogP contribution in [0, 0.1) is 5.92 Å². The summed E-state index contributed by atoms with van der Waals surface area (Å²) in [7, 11) is 0. The minimum atomic E-state index is -4.74. The van der Waals surface area contributed by atoms with E-state index in [4.69, 9.17) is 0 Å². The van der Waals surface area contributed by atoms with E-state index in [9.17, 15) is 32.7 Å². The van der Waals surface area contributed by atoms with Crippen LogP contribution in [-0.2, 0) is 23.9 Å². The van der Waals surface area contributed by atoms with Crippen molar-refractivity contribution in [3.05, 3.63) is 88.5 Å². The van der Waals surface area contributed by atoms with E-state index in [1.165, 1.54) is 29.2 Å². The average Bonchev–Trinajstić information content (AvgIpc) is 3.23. The smallest absolute Gasteiger partial charge is 0.417 e. The Kier molecular flexibility index (Phi) is 8.85. The molecule has 0 radical (unpaired) electrons. The lowest BCUT2D eigenvalue weighted by molar-refractivity contribution is -0.144. The minimum absolute atomic E-state index is 0.0113. The summed E-state index contributed by atoms with van der Waals surface area (Å²) in [6.45, 7) is 5.58. The molecule has 1 heterocycles. The van der Waals surface area contributed by atoms with Crippen molar-refractivity contribution in [2.45, 2.75) is 65.2 Å². The molecule has 1 unspecified atom stereocenters. The number of aryl methyl sites for hydroxylation is 1. The Morgan fingerprint density at radius 3 is 2.29 bits per heavy atom. The lowest BCUT2D eigenvalue weighted by atomic mass is 9.95. The standard InChI is InChI=1S/C32H33F3N2O4/c1-4-5-6-7-20-8-10-21(11-9-20)29(38)36-24-14-15-25(27(17-24)32(33,34)35)22-12-13-23-18-37(30(39)26(23)16-22)28(19(2)3)31(40)41/h8-17,19,28H,4-7,18H2,1-3H3,(H,36,38)(H,40,41). The van der Waals surface area contributed by atoms with Crippen molar-refractivity contribution in [3.63, 3.8) is 0 Å². The maximum atomic E-state index is 14.2. The number of nitrogens with zero attached hydrogens (tertiary/aromatic N) is 1. The van der Waals surface area contributed by atoms with E-state index < -0.39 is 35.6 Å². The molecule has 0 saturated carbocycles. The first-order chi connectivity index (χ1) is 19.4. The molecular weight excluding hydrogens is 533 g/mol. The predicted octanol–water partition coefficient (Wildman–Crippen LogP) is 7.42. The van der Waals surface area contributed by atoms with E-state index in [1.54, 1.807) is 32.0 Å². The van der Waals surface area contributed by atoms with E-state index in [1.807, 2.05) is 12.1 Å². The van der Waals surface area contributed by atoms with Crippen molar-refractivity contribution in [1.29, 1.82) is 0 Å². The number of fused-ring (bicyclic) bond motifs is 1. The molecule has 6 nitrogen and oxygen atoms in total. The van der Waals surface area contributed by atoms with Gasteiger partial charge in [-0.25, -0.2) is 4.79 Å². The number of carbonyl (C=O) groups excluding carboxylic acids is 2. The van der Waals surface area contributed by atoms with Gasteiger partial charge in [-0.2, -0.15) is 13.2 Å². The number of alkyl halides is 3. The Morgan fingerprint density at radius 2 is 1.68 bits per heavy atom. The van der Waals surface area contributed by atoms with Crippen LogP contribution in [0.15, 0.2) is 60.7 Å². The SMILES string of the molecule is CCCCCc1ccc(C(=O)Nc2ccc(-c3ccc4c(c3)C(=O)N(C(C(=O)O)C(C)C)C4)c(C(F)(F)F)c2)cc1. The number of benzene rings is 3. The van der Waals surface area contributed by atoms with Crippen molar-refractivity contribution < 1.29 is 32.7 Å². The van der Waals surface area contributed by atoms with E-state index >= 15 is 0 Å². The number of halogens is 3. The van der Waals surface area contributed by atoms with Crippen molar-refractivity contribution in [2.75, 3.05) is 5.32 Å². The normalized spacial score (nSPS) is 13.8. The number of amides is 2. The van der Waals surface area contributed by atoms with Gasteiger partial charge in [0.15, 0.2) is 0 Å². The zero-order chi connectivity index (χ0) is 29.9. The summed E-state index contributed by atoms with van der Waals surface area (Å²) in [6, 6.07) is 13.9. The Hall–Kier alpha value is -4.14. The van der Waals surface area contributed by atoms with Crippen LogP contribution in [0.5, 0.6) is 0 Å². The number of rotatable bonds is 10. The third-order valence-electron chi connectivity index (χ3n) is 7.34. The van der Waals surface area contributed by atoms with E-state index in [2.05, 4.69) is 12.2 Å². The topological polar surface area (TPSA) is 86.7 Å². The van der Waals surface area contributed by atoms with Gasteiger partial charge < -0.3 is 15.3 Å². The Bertz CT molecular complexity index is 1450. The molecule has 0 fully saturated rings. The second-order valence-electron chi connectivity index (χ2n) is 10.7. The van der Waals surface area contributed by atoms with E-state index in [0.29, 0.717) is 11.1 Å². The van der Waals surface area contributed by atoms with Gasteiger partial charge in [-0.05, 0) is 71.3 Å². The van der Waals surface area contributed by atoms with Crippen molar-refractivity contribution in [2.24, 2.45) is 5.92 Å². The lowest BCUT2D eigenvalue weighted by Gasteiger charge is -2.27. The average molecular weight is 567 g/mol. The molecule has 2 N–H and O–H groups in total. The number of hydrogen-bond donors (Lipinski definition) is 2. The molecule has 3 aromatic carbocycles. The van der Waals surface area contributed by atoms with Crippen LogP contribution in [0.25, 0.3) is 11.1 Å². The number of nitrogens with one attached hydrogen (secondary N) is 1. The molecule has 1 atom stereocenters. The molecule has 0 saturated heterocycles. The van der Waals surface area contributed by atoms with Crippen molar-refractivity contribution >= 4 is 23.5 Å². The van der Waals surface area contributed by atoms with Gasteiger partial charge in [0.05, 0.1) is 5.56 Å². The van der Waals surface area contributed by atoms with Gasteiger partial charge >= 0.3 is 12.1 Å². The summed E-state index contributed by atoms with van der Waals surface area (Å²) in [5, 5.41) is 12.2. The molecule has 9 heteroatoms. The highest BCUT2D eigenvalue weighted by atomic mass is 19.4. The monoisotopic (exact) mass is 566 g/mol. The molecule has 216 valence electrons. The van der Waals surface area contributed by atoms with Crippen molar-refractivity contribution in [1.82, 2.24) is 4.90 Å². The molecule has 0 aromatic heterocycles. The maximum Gasteiger partial charge on any atom is 0.417 e. The van der Waals surface area contributed by atoms with Crippen LogP contribution >= 0.6 is 0 Å². The molecule has 2 amide bonds. The van der Waals surface area contributed by atoms with Gasteiger partial charge in [-0.1, -0.05) is 63.9 Å². The zero-order valence-electron chi connectivity index (χ0n) is 23.2. The fourth-order valence-electron chi connectivity index (χ4n) is 5.21. The summed E-state index contributed by atoms with van der Waals surface area (Å²) in [5.74, 6) is -2.54. The third-order valence-corrected chi connectivity index (χ3v) is 7.34. The second-order valence-corrected chi connectivity index (χ2v) is 10.7. The number of anilines is 1. The van der Waals surface area contributed by atoms with Crippen LogP contribution in [0.4, 0.5) is 18.9 Å². The Labute approximate surface area is 237 Å². The first kappa shape index (κ1) is 29.8. The van der Waals surface area contributed by atoms with Crippen LogP contribution in [0.1, 0.15) is 77.4 Å². The predicted molar refractivity (Wildman–Crippen MR) is 151 cm³/mol. The summed E-state index contributed by atoms with van der Waals surface area (Å²) in [4.78, 5) is 38.9. The van der Waals surface area contributed by atoms with Gasteiger partial charge in [-0.3, -0.25) is 9.59 Å². The summed E-state index contributed by atoms with van der Waals surface area (Å²) >= 11 is 0. The highest BCUT2D eigenvalue weighted by molar-refractivity contribution is 6.04. The number of hydrogen-bond acceptors (Lipinski definition) is 3. The Balaban J connectivity index is 1.58. The molecule has 4 rings (SSSR count). The highest BCUT2D eigenvalue weighted by Crippen LogP contribution is 2.40. The van der Waals surface area contributed by atoms with Gasteiger partial charge in [0.25, 0.3) is 11.8 Å². The molecule has 3 aromatic rings. The Morgan fingerprint density at radius 1 is 0.976 bits per heavy atom. The molecular formula is C32H33F3N2O4. The van der Waals surface area contributed by atoms with Gasteiger partial charge in [0.2, 0.25) is 0 Å². The van der Waals surface area contributed by atoms with Gasteiger partial charge in [0.1, 0.15) is 6.04 Å². The summed E-state index contributed by atoms with van der Waals surface area (Å²) in [5.41, 5.74) is 1.20. The van der Waals surface area contributed by atoms with Crippen molar-refractivity contribution in [3.8, 4) is 11.1 Å². The lowest BCUT2D eigenvalue weighted by Crippen LogP contribution is -2.44. The van der Waals surface area contributed by atoms with Gasteiger partial charge in [-0.15, -0.1) is 0 Å². The summed E-state index contributed by atoms with van der Waals surface area (Å²) < 4.78 is 42.6. The third kappa shape index (κ3) is 6.61. The molecule has 1 aliphatic heterocycles. The highest BCUT2D eigenvalue weighted by Gasteiger charge is 2.39. The quantitative estimate of drug-likeness (QED) is 0.250. The first-order valence-corrected chi connectivity index (χ1v) is 13.7.